The minimum absolute atomic E-state index is 0.227. The summed E-state index contributed by atoms with van der Waals surface area (Å²) in [4.78, 5) is 57.8. The predicted octanol–water partition coefficient (Wildman–Crippen LogP) is 6.76. The highest BCUT2D eigenvalue weighted by molar-refractivity contribution is 7.94. The summed E-state index contributed by atoms with van der Waals surface area (Å²) in [6.07, 6.45) is 5.13. The zero-order valence-electron chi connectivity index (χ0n) is 45.3. The number of rotatable bonds is 26. The number of nitrogens with zero attached hydrogens (tertiary/aromatic N) is 4. The number of anilines is 1. The van der Waals surface area contributed by atoms with E-state index in [0.29, 0.717) is 54.0 Å². The fraction of sp³-hybridized carbons (Fsp3) is 0.228. The molecule has 0 aliphatic rings. The van der Waals surface area contributed by atoms with Crippen LogP contribution >= 0.6 is 12.0 Å². The first-order valence-electron chi connectivity index (χ1n) is 25.7. The number of hydrazine groups is 1. The van der Waals surface area contributed by atoms with Crippen LogP contribution in [-0.4, -0.2) is 109 Å². The third kappa shape index (κ3) is 15.0. The van der Waals surface area contributed by atoms with Gasteiger partial charge >= 0.3 is 12.1 Å². The molecule has 83 heavy (non-hydrogen) atoms. The van der Waals surface area contributed by atoms with E-state index in [4.69, 9.17) is 19.7 Å². The minimum Gasteiger partial charge on any atom is -0.468 e. The van der Waals surface area contributed by atoms with E-state index in [0.717, 1.165) is 29.3 Å². The van der Waals surface area contributed by atoms with Crippen molar-refractivity contribution >= 4 is 72.8 Å². The highest BCUT2D eigenvalue weighted by Crippen LogP contribution is 2.42. The number of fused-ring (bicyclic) bond motifs is 1. The molecule has 3 amide bonds. The molecule has 0 unspecified atom stereocenters. The summed E-state index contributed by atoms with van der Waals surface area (Å²) in [7, 11) is -7.67. The molecule has 2 atom stereocenters. The van der Waals surface area contributed by atoms with Crippen molar-refractivity contribution in [1.82, 2.24) is 44.9 Å². The summed E-state index contributed by atoms with van der Waals surface area (Å²) in [5.74, 6) is -2.19. The number of hydrogen-bond acceptors (Lipinski definition) is 17. The van der Waals surface area contributed by atoms with Crippen LogP contribution in [0, 0.1) is 0 Å². The van der Waals surface area contributed by atoms with Crippen LogP contribution in [0.3, 0.4) is 0 Å². The van der Waals surface area contributed by atoms with Gasteiger partial charge in [0, 0.05) is 55.0 Å². The molecule has 0 spiro atoms. The number of hydrogen-bond donors (Lipinski definition) is 7. The van der Waals surface area contributed by atoms with Gasteiger partial charge in [-0.3, -0.25) is 29.1 Å². The van der Waals surface area contributed by atoms with Crippen molar-refractivity contribution in [2.45, 2.75) is 66.8 Å². The Morgan fingerprint density at radius 1 is 0.735 bits per heavy atom. The number of carbonyl (C=O) groups is 4. The van der Waals surface area contributed by atoms with Crippen molar-refractivity contribution < 1.29 is 60.1 Å². The average Bonchev–Trinajstić information content (AvgIpc) is 4.31. The molecule has 2 aromatic heterocycles. The topological polar surface area (TPSA) is 302 Å². The third-order valence-electron chi connectivity index (χ3n) is 12.9. The molecule has 0 fully saturated rings. The van der Waals surface area contributed by atoms with Crippen LogP contribution in [0.1, 0.15) is 54.2 Å². The highest BCUT2D eigenvalue weighted by atomic mass is 32.2. The van der Waals surface area contributed by atoms with Crippen molar-refractivity contribution in [2.75, 3.05) is 31.3 Å². The Labute approximate surface area is 483 Å². The number of aromatic nitrogens is 4. The Balaban J connectivity index is 0.853. The summed E-state index contributed by atoms with van der Waals surface area (Å²) in [6.45, 7) is 5.44. The number of ether oxygens (including phenoxy) is 2. The molecule has 8 aromatic rings. The molecule has 8 rings (SSSR count). The first-order valence-corrected chi connectivity index (χ1v) is 29.6. The number of alkyl carbamates (subject to hydrolysis) is 1. The highest BCUT2D eigenvalue weighted by Gasteiger charge is 2.40. The zero-order valence-corrected chi connectivity index (χ0v) is 47.7. The van der Waals surface area contributed by atoms with Gasteiger partial charge in [-0.25, -0.2) is 31.9 Å². The number of benzene rings is 6. The van der Waals surface area contributed by atoms with Crippen LogP contribution in [0.15, 0.2) is 186 Å². The van der Waals surface area contributed by atoms with Crippen molar-refractivity contribution in [3.63, 3.8) is 0 Å². The van der Waals surface area contributed by atoms with Crippen LogP contribution in [-0.2, 0) is 60.6 Å². The van der Waals surface area contributed by atoms with E-state index < -0.39 is 73.7 Å². The largest absolute Gasteiger partial charge is 0.468 e. The second kappa shape index (κ2) is 27.1. The number of aryl methyl sites for hydroxylation is 1. The van der Waals surface area contributed by atoms with Gasteiger partial charge in [0.2, 0.25) is 16.0 Å². The van der Waals surface area contributed by atoms with Crippen LogP contribution in [0.2, 0.25) is 0 Å². The lowest BCUT2D eigenvalue weighted by Gasteiger charge is -2.38. The van der Waals surface area contributed by atoms with Crippen LogP contribution in [0.4, 0.5) is 10.7 Å². The third-order valence-corrected chi connectivity index (χ3v) is 16.2. The minimum atomic E-state index is -4.39. The number of nitrogens with one attached hydrogen (secondary N) is 6. The standard InChI is InChI=1S/C57H60N10O13S3/c1-56(2,3)78-55(71)62-49(38-81-80-79-72)52(69)63-65-83(75,76)47-28-23-40(24-29-47)39-21-26-46(27-22-39)82(73,74)64-48(53(70)77-4)37-60-51(68)41-25-30-50-42(35-41)36-61-67(50)33-14-31-58-54-59-32-34-66(54)57(43-15-8-5-9-16-43,44-17-10-6-11-18-44)45-19-12-7-13-20-45/h5-13,15-30,32,34-36,48-49,64-65,72H,14,31,33,37-38H2,1-4H3,(H,58,59)(H,60,68)(H,62,71)(H,63,69)/t48-,49-/m0/s1. The molecule has 7 N–H and O–H groups in total. The van der Waals surface area contributed by atoms with Crippen LogP contribution in [0.5, 0.6) is 0 Å². The van der Waals surface area contributed by atoms with Gasteiger partial charge in [-0.05, 0) is 97.5 Å². The number of esters is 1. The maximum atomic E-state index is 13.6. The van der Waals surface area contributed by atoms with E-state index in [9.17, 15) is 36.0 Å². The molecule has 6 aromatic carbocycles. The van der Waals surface area contributed by atoms with Gasteiger partial charge in [0.05, 0.1) is 34.4 Å². The predicted molar refractivity (Wildman–Crippen MR) is 309 cm³/mol. The van der Waals surface area contributed by atoms with Gasteiger partial charge in [-0.15, -0.1) is 9.16 Å². The summed E-state index contributed by atoms with van der Waals surface area (Å²) < 4.78 is 74.1. The maximum Gasteiger partial charge on any atom is 0.408 e. The van der Waals surface area contributed by atoms with E-state index in [1.165, 1.54) is 48.5 Å². The number of sulfonamides is 2. The van der Waals surface area contributed by atoms with E-state index in [-0.39, 0.29) is 21.1 Å². The fourth-order valence-corrected chi connectivity index (χ4v) is 11.5. The first-order chi connectivity index (χ1) is 39.8. The molecule has 23 nitrogen and oxygen atoms in total. The van der Waals surface area contributed by atoms with Crippen LogP contribution in [0.25, 0.3) is 22.0 Å². The number of methoxy groups -OCH3 is 1. The molecule has 0 aliphatic carbocycles. The van der Waals surface area contributed by atoms with Gasteiger partial charge in [-0.2, -0.15) is 9.82 Å². The molecule has 0 saturated heterocycles. The molecule has 0 radical (unpaired) electrons. The van der Waals surface area contributed by atoms with E-state index in [1.807, 2.05) is 75.7 Å². The van der Waals surface area contributed by atoms with Gasteiger partial charge in [0.25, 0.3) is 21.8 Å². The van der Waals surface area contributed by atoms with E-state index >= 15 is 0 Å². The molecule has 26 heteroatoms. The van der Waals surface area contributed by atoms with Gasteiger partial charge in [0.15, 0.2) is 0 Å². The quantitative estimate of drug-likeness (QED) is 0.00735. The lowest BCUT2D eigenvalue weighted by Crippen LogP contribution is -2.54. The monoisotopic (exact) mass is 1190 g/mol. The van der Waals surface area contributed by atoms with E-state index in [2.05, 4.69) is 76.1 Å². The molecule has 0 aliphatic heterocycles. The van der Waals surface area contributed by atoms with Gasteiger partial charge in [-0.1, -0.05) is 120 Å². The van der Waals surface area contributed by atoms with Crippen molar-refractivity contribution in [3.8, 4) is 11.1 Å². The number of carbonyl (C=O) groups excluding carboxylic acids is 4. The number of imidazole rings is 1. The molecule has 0 saturated carbocycles. The normalized spacial score (nSPS) is 12.7. The Bertz CT molecular complexity index is 3640. The Morgan fingerprint density at radius 3 is 1.87 bits per heavy atom. The average molecular weight is 1190 g/mol. The number of amides is 3. The lowest BCUT2D eigenvalue weighted by atomic mass is 9.76. The fourth-order valence-electron chi connectivity index (χ4n) is 9.03. The molecular weight excluding hydrogens is 1130 g/mol. The Morgan fingerprint density at radius 2 is 1.31 bits per heavy atom. The Kier molecular flexibility index (Phi) is 19.8. The van der Waals surface area contributed by atoms with Crippen molar-refractivity contribution in [3.05, 3.63) is 199 Å². The Hall–Kier alpha value is -8.47. The second-order valence-electron chi connectivity index (χ2n) is 19.5. The first kappa shape index (κ1) is 60.6. The molecular formula is C57H60N10O13S3. The van der Waals surface area contributed by atoms with E-state index in [1.54, 1.807) is 51.4 Å². The summed E-state index contributed by atoms with van der Waals surface area (Å²) in [5.41, 5.74) is 5.57. The molecule has 2 heterocycles. The van der Waals surface area contributed by atoms with Crippen molar-refractivity contribution in [2.24, 2.45) is 0 Å². The second-order valence-corrected chi connectivity index (χ2v) is 23.6. The smallest absolute Gasteiger partial charge is 0.408 e. The summed E-state index contributed by atoms with van der Waals surface area (Å²) >= 11 is 0.435. The van der Waals surface area contributed by atoms with Crippen LogP contribution < -0.4 is 30.9 Å². The maximum absolute atomic E-state index is 13.6. The summed E-state index contributed by atoms with van der Waals surface area (Å²) in [6, 6.07) is 44.0. The van der Waals surface area contributed by atoms with Crippen molar-refractivity contribution in [1.29, 1.82) is 0 Å². The van der Waals surface area contributed by atoms with Gasteiger partial charge < -0.3 is 25.4 Å². The summed E-state index contributed by atoms with van der Waals surface area (Å²) in [5, 5.41) is 25.7. The SMILES string of the molecule is COC(=O)[C@H](CNC(=O)c1ccc2c(cnn2CCCNc2nccn2C(c2ccccc2)(c2ccccc2)c2ccccc2)c1)NS(=O)(=O)c1ccc(-c2ccc(S(=O)(=O)NNC(=O)[C@H](CSOOO)NC(=O)OC(C)(C)C)cc2)cc1. The zero-order chi connectivity index (χ0) is 59.2. The van der Waals surface area contributed by atoms with Gasteiger partial charge in [0.1, 0.15) is 23.2 Å². The lowest BCUT2D eigenvalue weighted by molar-refractivity contribution is -0.432. The molecule has 434 valence electrons. The molecule has 0 bridgehead atoms.